The average molecular weight is 221 g/mol. The third-order valence-electron chi connectivity index (χ3n) is 1.67. The maximum absolute atomic E-state index is 10.4. The summed E-state index contributed by atoms with van der Waals surface area (Å²) in [7, 11) is 0. The smallest absolute Gasteiger partial charge is 0.258 e. The predicted octanol–water partition coefficient (Wildman–Crippen LogP) is 2.19. The van der Waals surface area contributed by atoms with Crippen molar-refractivity contribution in [3.63, 3.8) is 0 Å². The van der Waals surface area contributed by atoms with Crippen LogP contribution in [0.2, 0.25) is 0 Å². The number of nitrogens with zero attached hydrogens (tertiary/aromatic N) is 3. The van der Waals surface area contributed by atoms with Crippen LogP contribution in [0.5, 0.6) is 0 Å². The lowest BCUT2D eigenvalue weighted by molar-refractivity contribution is -0.384. The molecule has 1 aromatic rings. The zero-order valence-corrected chi connectivity index (χ0v) is 8.69. The normalized spacial score (nSPS) is 10.8. The van der Waals surface area contributed by atoms with E-state index < -0.39 is 4.92 Å². The van der Waals surface area contributed by atoms with Crippen LogP contribution in [-0.2, 0) is 0 Å². The molecule has 0 heterocycles. The highest BCUT2D eigenvalue weighted by molar-refractivity contribution is 8.13. The van der Waals surface area contributed by atoms with Gasteiger partial charge in [0, 0.05) is 17.7 Å². The number of nitro benzene ring substituents is 1. The Balaban J connectivity index is 3.03. The predicted molar refractivity (Wildman–Crippen MR) is 58.8 cm³/mol. The van der Waals surface area contributed by atoms with Crippen LogP contribution in [0.25, 0.3) is 0 Å². The molecule has 0 saturated carbocycles. The fraction of sp³-hybridized carbons (Fsp3) is 0.111. The Bertz CT molecular complexity index is 434. The Morgan fingerprint density at radius 3 is 2.53 bits per heavy atom. The van der Waals surface area contributed by atoms with Gasteiger partial charge in [0.1, 0.15) is 5.04 Å². The van der Waals surface area contributed by atoms with E-state index in [1.54, 1.807) is 24.6 Å². The first kappa shape index (κ1) is 11.2. The Morgan fingerprint density at radius 1 is 1.53 bits per heavy atom. The molecule has 0 saturated heterocycles. The number of benzene rings is 1. The summed E-state index contributed by atoms with van der Waals surface area (Å²) in [6.45, 7) is 0. The summed E-state index contributed by atoms with van der Waals surface area (Å²) in [6, 6.07) is 5.92. The van der Waals surface area contributed by atoms with Crippen molar-refractivity contribution in [3.05, 3.63) is 39.9 Å². The lowest BCUT2D eigenvalue weighted by atomic mass is 10.2. The van der Waals surface area contributed by atoms with Crippen molar-refractivity contribution in [2.24, 2.45) is 4.99 Å². The lowest BCUT2D eigenvalue weighted by Gasteiger charge is -1.99. The van der Waals surface area contributed by atoms with Crippen molar-refractivity contribution in [2.45, 2.75) is 0 Å². The Kier molecular flexibility index (Phi) is 3.83. The van der Waals surface area contributed by atoms with E-state index in [9.17, 15) is 10.1 Å². The van der Waals surface area contributed by atoms with Crippen LogP contribution in [0, 0.1) is 21.6 Å². The van der Waals surface area contributed by atoms with Gasteiger partial charge in [-0.05, 0) is 18.4 Å². The van der Waals surface area contributed by atoms with Crippen LogP contribution in [0.3, 0.4) is 0 Å². The second kappa shape index (κ2) is 5.12. The summed E-state index contributed by atoms with van der Waals surface area (Å²) in [5, 5.41) is 19.4. The van der Waals surface area contributed by atoms with Crippen molar-refractivity contribution < 1.29 is 4.92 Å². The van der Waals surface area contributed by atoms with Crippen molar-refractivity contribution in [1.29, 1.82) is 5.26 Å². The standard InChI is InChI=1S/C9H7N3O2S/c1-15-9(11-6-10)7-2-4-8(5-3-7)12(13)14/h2-5H,1H3/b11-9-. The number of rotatable bonds is 2. The minimum absolute atomic E-state index is 0.0242. The SMILES string of the molecule is CS/C(=N\C#N)c1ccc([N+](=O)[O-])cc1. The van der Waals surface area contributed by atoms with Crippen LogP contribution in [0.15, 0.2) is 29.3 Å². The highest BCUT2D eigenvalue weighted by Gasteiger charge is 2.06. The number of aliphatic imine (C=N–C) groups is 1. The largest absolute Gasteiger partial charge is 0.269 e. The van der Waals surface area contributed by atoms with E-state index in [-0.39, 0.29) is 5.69 Å². The molecule has 0 spiro atoms. The van der Waals surface area contributed by atoms with E-state index >= 15 is 0 Å². The minimum atomic E-state index is -0.468. The van der Waals surface area contributed by atoms with Gasteiger partial charge in [-0.25, -0.2) is 0 Å². The number of nitriles is 1. The molecule has 0 unspecified atom stereocenters. The molecule has 76 valence electrons. The molecular weight excluding hydrogens is 214 g/mol. The van der Waals surface area contributed by atoms with Crippen LogP contribution in [0.4, 0.5) is 5.69 Å². The van der Waals surface area contributed by atoms with E-state index in [4.69, 9.17) is 5.26 Å². The van der Waals surface area contributed by atoms with Crippen molar-refractivity contribution in [2.75, 3.05) is 6.26 Å². The monoisotopic (exact) mass is 221 g/mol. The summed E-state index contributed by atoms with van der Waals surface area (Å²) in [5.41, 5.74) is 0.728. The van der Waals surface area contributed by atoms with Crippen LogP contribution >= 0.6 is 11.8 Å². The van der Waals surface area contributed by atoms with Gasteiger partial charge in [0.15, 0.2) is 0 Å². The molecular formula is C9H7N3O2S. The van der Waals surface area contributed by atoms with E-state index in [2.05, 4.69) is 4.99 Å². The van der Waals surface area contributed by atoms with Gasteiger partial charge >= 0.3 is 0 Å². The molecule has 0 aliphatic rings. The van der Waals surface area contributed by atoms with Gasteiger partial charge in [-0.3, -0.25) is 10.1 Å². The van der Waals surface area contributed by atoms with E-state index in [0.29, 0.717) is 10.6 Å². The Morgan fingerprint density at radius 2 is 2.13 bits per heavy atom. The molecule has 0 atom stereocenters. The van der Waals surface area contributed by atoms with Crippen LogP contribution in [0.1, 0.15) is 5.56 Å². The highest BCUT2D eigenvalue weighted by Crippen LogP contribution is 2.16. The summed E-state index contributed by atoms with van der Waals surface area (Å²) in [4.78, 5) is 13.5. The van der Waals surface area contributed by atoms with Gasteiger partial charge in [0.2, 0.25) is 6.19 Å². The van der Waals surface area contributed by atoms with Gasteiger partial charge in [-0.2, -0.15) is 10.3 Å². The third kappa shape index (κ3) is 2.79. The molecule has 0 aliphatic carbocycles. The van der Waals surface area contributed by atoms with E-state index in [0.717, 1.165) is 0 Å². The maximum atomic E-state index is 10.4. The number of non-ortho nitro benzene ring substituents is 1. The first-order chi connectivity index (χ1) is 7.19. The maximum Gasteiger partial charge on any atom is 0.269 e. The fourth-order valence-electron chi connectivity index (χ4n) is 0.999. The fourth-order valence-corrected chi connectivity index (χ4v) is 1.50. The van der Waals surface area contributed by atoms with Gasteiger partial charge in [-0.1, -0.05) is 0 Å². The lowest BCUT2D eigenvalue weighted by Crippen LogP contribution is -1.95. The molecule has 0 aromatic heterocycles. The first-order valence-electron chi connectivity index (χ1n) is 3.94. The highest BCUT2D eigenvalue weighted by atomic mass is 32.2. The average Bonchev–Trinajstić information content (AvgIpc) is 2.26. The molecule has 1 rings (SSSR count). The molecule has 0 bridgehead atoms. The Hall–Kier alpha value is -1.87. The zero-order valence-electron chi connectivity index (χ0n) is 7.88. The first-order valence-corrected chi connectivity index (χ1v) is 5.17. The van der Waals surface area contributed by atoms with Gasteiger partial charge in [0.05, 0.1) is 4.92 Å². The van der Waals surface area contributed by atoms with Crippen molar-refractivity contribution in [3.8, 4) is 6.19 Å². The molecule has 0 amide bonds. The van der Waals surface area contributed by atoms with Crippen LogP contribution in [-0.4, -0.2) is 16.2 Å². The van der Waals surface area contributed by atoms with E-state index in [1.165, 1.54) is 23.9 Å². The molecule has 0 fully saturated rings. The third-order valence-corrected chi connectivity index (χ3v) is 2.38. The van der Waals surface area contributed by atoms with Crippen molar-refractivity contribution >= 4 is 22.5 Å². The molecule has 5 nitrogen and oxygen atoms in total. The summed E-state index contributed by atoms with van der Waals surface area (Å²) in [6.07, 6.45) is 3.48. The summed E-state index contributed by atoms with van der Waals surface area (Å²) in [5.74, 6) is 0. The molecule has 0 aliphatic heterocycles. The molecule has 15 heavy (non-hydrogen) atoms. The molecule has 0 radical (unpaired) electrons. The van der Waals surface area contributed by atoms with Crippen molar-refractivity contribution in [1.82, 2.24) is 0 Å². The van der Waals surface area contributed by atoms with Gasteiger partial charge in [-0.15, -0.1) is 11.8 Å². The Labute approximate surface area is 90.6 Å². The number of nitro groups is 1. The number of hydrogen-bond acceptors (Lipinski definition) is 5. The topological polar surface area (TPSA) is 79.3 Å². The molecule has 0 N–H and O–H groups in total. The van der Waals surface area contributed by atoms with Gasteiger partial charge in [0.25, 0.3) is 5.69 Å². The zero-order chi connectivity index (χ0) is 11.3. The number of hydrogen-bond donors (Lipinski definition) is 0. The summed E-state index contributed by atoms with van der Waals surface area (Å²) < 4.78 is 0. The van der Waals surface area contributed by atoms with Gasteiger partial charge < -0.3 is 0 Å². The quantitative estimate of drug-likeness (QED) is 0.252. The van der Waals surface area contributed by atoms with Crippen LogP contribution < -0.4 is 0 Å². The van der Waals surface area contributed by atoms with E-state index in [1.807, 2.05) is 0 Å². The summed E-state index contributed by atoms with van der Waals surface area (Å²) >= 11 is 1.32. The number of thioether (sulfide) groups is 1. The second-order valence-electron chi connectivity index (χ2n) is 2.53. The minimum Gasteiger partial charge on any atom is -0.258 e. The molecule has 1 aromatic carbocycles. The molecule has 6 heteroatoms. The second-order valence-corrected chi connectivity index (χ2v) is 3.32.